The first-order valence-corrected chi connectivity index (χ1v) is 7.81. The molecular weight excluding hydrogens is 328 g/mol. The molecule has 1 unspecified atom stereocenters. The molecule has 2 heterocycles. The number of carbonyl (C=O) groups excluding carboxylic acids is 1. The summed E-state index contributed by atoms with van der Waals surface area (Å²) in [4.78, 5) is 28.4. The molecule has 1 aliphatic rings. The number of carboxylic acid groups (broad SMARTS) is 1. The second-order valence-electron chi connectivity index (χ2n) is 5.69. The SMILES string of the molecule is Cc1cc2c(cc1OC(C)c1ncco1)OCC(=O)N2CCC(=O)O. The molecule has 0 saturated heterocycles. The first-order valence-electron chi connectivity index (χ1n) is 7.81. The number of aliphatic carboxylic acids is 1. The number of benzene rings is 1. The molecule has 0 spiro atoms. The number of anilines is 1. The maximum Gasteiger partial charge on any atom is 0.305 e. The van der Waals surface area contributed by atoms with Crippen molar-refractivity contribution in [3.8, 4) is 11.5 Å². The van der Waals surface area contributed by atoms with Gasteiger partial charge in [0.15, 0.2) is 12.7 Å². The summed E-state index contributed by atoms with van der Waals surface area (Å²) in [6, 6.07) is 3.45. The highest BCUT2D eigenvalue weighted by molar-refractivity contribution is 5.98. The summed E-state index contributed by atoms with van der Waals surface area (Å²) >= 11 is 0. The van der Waals surface area contributed by atoms with E-state index in [0.717, 1.165) is 5.56 Å². The highest BCUT2D eigenvalue weighted by Crippen LogP contribution is 2.39. The fraction of sp³-hybridized carbons (Fsp3) is 0.353. The Labute approximate surface area is 144 Å². The number of carboxylic acids is 1. The monoisotopic (exact) mass is 346 g/mol. The number of ether oxygens (including phenoxy) is 2. The van der Waals surface area contributed by atoms with Crippen LogP contribution in [-0.2, 0) is 9.59 Å². The molecule has 2 aromatic rings. The molecule has 0 aliphatic carbocycles. The van der Waals surface area contributed by atoms with Crippen LogP contribution < -0.4 is 14.4 Å². The zero-order valence-electron chi connectivity index (χ0n) is 13.9. The van der Waals surface area contributed by atoms with Gasteiger partial charge in [0.25, 0.3) is 5.91 Å². The number of oxazole rings is 1. The first-order chi connectivity index (χ1) is 12.0. The van der Waals surface area contributed by atoms with Crippen molar-refractivity contribution in [2.45, 2.75) is 26.4 Å². The van der Waals surface area contributed by atoms with Gasteiger partial charge in [0, 0.05) is 12.6 Å². The van der Waals surface area contributed by atoms with Gasteiger partial charge in [-0.15, -0.1) is 0 Å². The van der Waals surface area contributed by atoms with Crippen LogP contribution in [0.2, 0.25) is 0 Å². The van der Waals surface area contributed by atoms with Crippen LogP contribution in [0.5, 0.6) is 11.5 Å². The van der Waals surface area contributed by atoms with Crippen molar-refractivity contribution in [2.24, 2.45) is 0 Å². The molecule has 1 aliphatic heterocycles. The normalized spacial score (nSPS) is 14.6. The van der Waals surface area contributed by atoms with E-state index in [9.17, 15) is 9.59 Å². The van der Waals surface area contributed by atoms with Crippen LogP contribution in [0, 0.1) is 6.92 Å². The maximum absolute atomic E-state index is 12.1. The standard InChI is InChI=1S/C17H18N2O6/c1-10-7-12-14(24-9-15(20)19(12)5-3-16(21)22)8-13(10)25-11(2)17-18-4-6-23-17/h4,6-8,11H,3,5,9H2,1-2H3,(H,21,22). The zero-order valence-corrected chi connectivity index (χ0v) is 13.9. The Kier molecular flexibility index (Phi) is 4.60. The number of nitrogens with zero attached hydrogens (tertiary/aromatic N) is 2. The minimum atomic E-state index is -0.961. The van der Waals surface area contributed by atoms with Crippen LogP contribution in [-0.4, -0.2) is 35.1 Å². The van der Waals surface area contributed by atoms with E-state index in [-0.39, 0.29) is 31.6 Å². The third kappa shape index (κ3) is 3.57. The molecule has 0 bridgehead atoms. The highest BCUT2D eigenvalue weighted by atomic mass is 16.5. The number of hydrogen-bond acceptors (Lipinski definition) is 6. The Bertz CT molecular complexity index is 787. The van der Waals surface area contributed by atoms with Crippen LogP contribution >= 0.6 is 0 Å². The minimum Gasteiger partial charge on any atom is -0.481 e. The smallest absolute Gasteiger partial charge is 0.305 e. The lowest BCUT2D eigenvalue weighted by atomic mass is 10.1. The number of carbonyl (C=O) groups is 2. The molecule has 0 fully saturated rings. The van der Waals surface area contributed by atoms with Crippen molar-refractivity contribution in [1.82, 2.24) is 4.98 Å². The summed E-state index contributed by atoms with van der Waals surface area (Å²) in [6.07, 6.45) is 2.50. The molecule has 132 valence electrons. The molecule has 1 aromatic carbocycles. The largest absolute Gasteiger partial charge is 0.481 e. The maximum atomic E-state index is 12.1. The zero-order chi connectivity index (χ0) is 18.0. The van der Waals surface area contributed by atoms with Crippen molar-refractivity contribution in [3.05, 3.63) is 36.0 Å². The van der Waals surface area contributed by atoms with E-state index in [2.05, 4.69) is 4.98 Å². The lowest BCUT2D eigenvalue weighted by molar-refractivity contribution is -0.136. The molecule has 1 amide bonds. The molecule has 1 aromatic heterocycles. The van der Waals surface area contributed by atoms with Gasteiger partial charge in [-0.05, 0) is 25.5 Å². The Morgan fingerprint density at radius 1 is 1.48 bits per heavy atom. The van der Waals surface area contributed by atoms with E-state index >= 15 is 0 Å². The van der Waals surface area contributed by atoms with Crippen molar-refractivity contribution < 1.29 is 28.6 Å². The molecule has 0 radical (unpaired) electrons. The van der Waals surface area contributed by atoms with Crippen molar-refractivity contribution in [3.63, 3.8) is 0 Å². The Morgan fingerprint density at radius 3 is 2.96 bits per heavy atom. The molecule has 25 heavy (non-hydrogen) atoms. The summed E-state index contributed by atoms with van der Waals surface area (Å²) in [6.45, 7) is 3.61. The lowest BCUT2D eigenvalue weighted by Crippen LogP contribution is -2.40. The van der Waals surface area contributed by atoms with Crippen LogP contribution in [0.1, 0.15) is 30.9 Å². The quantitative estimate of drug-likeness (QED) is 0.856. The van der Waals surface area contributed by atoms with E-state index in [1.807, 2.05) is 13.8 Å². The molecule has 8 nitrogen and oxygen atoms in total. The van der Waals surface area contributed by atoms with E-state index in [0.29, 0.717) is 23.1 Å². The second kappa shape index (κ2) is 6.84. The Balaban J connectivity index is 1.85. The number of amides is 1. The number of aryl methyl sites for hydroxylation is 1. The van der Waals surface area contributed by atoms with Gasteiger partial charge < -0.3 is 23.9 Å². The van der Waals surface area contributed by atoms with Crippen LogP contribution in [0.15, 0.2) is 29.0 Å². The number of aromatic nitrogens is 1. The van der Waals surface area contributed by atoms with Gasteiger partial charge in [0.05, 0.1) is 18.3 Å². The molecular formula is C17H18N2O6. The predicted molar refractivity (Wildman–Crippen MR) is 86.8 cm³/mol. The van der Waals surface area contributed by atoms with E-state index in [1.165, 1.54) is 11.2 Å². The summed E-state index contributed by atoms with van der Waals surface area (Å²) in [5, 5.41) is 8.86. The predicted octanol–water partition coefficient (Wildman–Crippen LogP) is 2.32. The van der Waals surface area contributed by atoms with Gasteiger partial charge in [0.2, 0.25) is 5.89 Å². The summed E-state index contributed by atoms with van der Waals surface area (Å²) in [7, 11) is 0. The van der Waals surface area contributed by atoms with Gasteiger partial charge in [-0.25, -0.2) is 4.98 Å². The molecule has 1 N–H and O–H groups in total. The third-order valence-electron chi connectivity index (χ3n) is 3.85. The number of rotatable bonds is 6. The van der Waals surface area contributed by atoms with E-state index in [1.54, 1.807) is 18.3 Å². The average Bonchev–Trinajstić information content (AvgIpc) is 3.09. The van der Waals surface area contributed by atoms with Gasteiger partial charge in [0.1, 0.15) is 17.8 Å². The van der Waals surface area contributed by atoms with Crippen LogP contribution in [0.4, 0.5) is 5.69 Å². The summed E-state index contributed by atoms with van der Waals surface area (Å²) < 4.78 is 16.6. The fourth-order valence-electron chi connectivity index (χ4n) is 2.59. The molecule has 1 atom stereocenters. The van der Waals surface area contributed by atoms with Crippen molar-refractivity contribution in [2.75, 3.05) is 18.1 Å². The fourth-order valence-corrected chi connectivity index (χ4v) is 2.59. The van der Waals surface area contributed by atoms with Gasteiger partial charge in [-0.3, -0.25) is 9.59 Å². The molecule has 3 rings (SSSR count). The topological polar surface area (TPSA) is 102 Å². The Morgan fingerprint density at radius 2 is 2.28 bits per heavy atom. The van der Waals surface area contributed by atoms with Crippen molar-refractivity contribution in [1.29, 1.82) is 0 Å². The van der Waals surface area contributed by atoms with E-state index in [4.69, 9.17) is 19.0 Å². The number of hydrogen-bond donors (Lipinski definition) is 1. The Hall–Kier alpha value is -3.03. The van der Waals surface area contributed by atoms with Gasteiger partial charge in [-0.1, -0.05) is 0 Å². The van der Waals surface area contributed by atoms with Gasteiger partial charge in [-0.2, -0.15) is 0 Å². The second-order valence-corrected chi connectivity index (χ2v) is 5.69. The average molecular weight is 346 g/mol. The van der Waals surface area contributed by atoms with Crippen LogP contribution in [0.3, 0.4) is 0 Å². The summed E-state index contributed by atoms with van der Waals surface area (Å²) in [5.41, 5.74) is 1.34. The first kappa shape index (κ1) is 16.8. The lowest BCUT2D eigenvalue weighted by Gasteiger charge is -2.30. The molecule has 8 heteroatoms. The summed E-state index contributed by atoms with van der Waals surface area (Å²) in [5.74, 6) is 0.283. The van der Waals surface area contributed by atoms with Crippen LogP contribution in [0.25, 0.3) is 0 Å². The number of fused-ring (bicyclic) bond motifs is 1. The van der Waals surface area contributed by atoms with E-state index < -0.39 is 5.97 Å². The molecule has 0 saturated carbocycles. The minimum absolute atomic E-state index is 0.0941. The third-order valence-corrected chi connectivity index (χ3v) is 3.85. The highest BCUT2D eigenvalue weighted by Gasteiger charge is 2.27. The van der Waals surface area contributed by atoms with Gasteiger partial charge >= 0.3 is 5.97 Å². The van der Waals surface area contributed by atoms with Crippen molar-refractivity contribution >= 4 is 17.6 Å².